The molecule has 4 rings (SSSR count). The maximum absolute atomic E-state index is 14.9. The Morgan fingerprint density at radius 1 is 1.23 bits per heavy atom. The predicted molar refractivity (Wildman–Crippen MR) is 176 cm³/mol. The Labute approximate surface area is 257 Å². The molecule has 2 heterocycles. The molecule has 1 aliphatic carbocycles. The summed E-state index contributed by atoms with van der Waals surface area (Å²) in [6.45, 7) is 23.4. The van der Waals surface area contributed by atoms with Crippen LogP contribution in [-0.4, -0.2) is 49.8 Å². The zero-order chi connectivity index (χ0) is 30.9. The van der Waals surface area contributed by atoms with Crippen molar-refractivity contribution in [3.05, 3.63) is 59.6 Å². The number of nitrogens with one attached hydrogen (secondary N) is 3. The van der Waals surface area contributed by atoms with Crippen LogP contribution in [0.2, 0.25) is 4.87 Å². The second-order valence-corrected chi connectivity index (χ2v) is 15.6. The molecule has 1 fully saturated rings. The molecule has 0 amide bonds. The van der Waals surface area contributed by atoms with Crippen LogP contribution in [0.3, 0.4) is 0 Å². The molecule has 0 bridgehead atoms. The molecule has 1 aliphatic heterocycles. The van der Waals surface area contributed by atoms with Gasteiger partial charge in [0.05, 0.1) is 6.61 Å². The molecule has 2 atom stereocenters. The average molecular weight is 688 g/mol. The van der Waals surface area contributed by atoms with E-state index in [-0.39, 0.29) is 17.3 Å². The first kappa shape index (κ1) is 38.7. The summed E-state index contributed by atoms with van der Waals surface area (Å²) in [6.07, 6.45) is 8.84. The maximum atomic E-state index is 14.9. The molecular weight excluding hydrogens is 633 g/mol. The summed E-state index contributed by atoms with van der Waals surface area (Å²) in [5.74, 6) is 0.932. The number of allylic oxidation sites excluding steroid dienone is 2. The van der Waals surface area contributed by atoms with Gasteiger partial charge in [0.1, 0.15) is 0 Å². The number of halogens is 2. The number of ether oxygens (including phenoxy) is 1. The molecule has 8 heteroatoms. The summed E-state index contributed by atoms with van der Waals surface area (Å²) < 4.78 is 25.7. The van der Waals surface area contributed by atoms with E-state index in [1.165, 1.54) is 15.5 Å². The average Bonchev–Trinajstić information content (AvgIpc) is 3.70. The van der Waals surface area contributed by atoms with Crippen LogP contribution in [0.15, 0.2) is 42.5 Å². The summed E-state index contributed by atoms with van der Waals surface area (Å²) in [5, 5.41) is 10.7. The van der Waals surface area contributed by atoms with Gasteiger partial charge in [-0.05, 0) is 19.3 Å². The fraction of sp³-hybridized carbons (Fsp3) is 0.594. The van der Waals surface area contributed by atoms with Crippen molar-refractivity contribution in [1.29, 1.82) is 0 Å². The van der Waals surface area contributed by atoms with Gasteiger partial charge in [0, 0.05) is 6.38 Å². The smallest absolute Gasteiger partial charge is 0.0108 e. The van der Waals surface area contributed by atoms with E-state index in [4.69, 9.17) is 4.74 Å². The van der Waals surface area contributed by atoms with Crippen LogP contribution in [0.5, 0.6) is 0 Å². The first-order valence-electron chi connectivity index (χ1n) is 14.5. The Morgan fingerprint density at radius 3 is 2.45 bits per heavy atom. The summed E-state index contributed by atoms with van der Waals surface area (Å²) >= 11 is 3.02. The molecule has 3 N–H and O–H groups in total. The summed E-state index contributed by atoms with van der Waals surface area (Å²) in [6, 6.07) is 5.94. The molecule has 2 aromatic rings. The normalized spacial score (nSPS) is 18.0. The monoisotopic (exact) mass is 686 g/mol. The van der Waals surface area contributed by atoms with Crippen molar-refractivity contribution in [2.24, 2.45) is 5.41 Å². The van der Waals surface area contributed by atoms with E-state index < -0.39 is 20.5 Å². The minimum atomic E-state index is -1.61. The third-order valence-electron chi connectivity index (χ3n) is 6.66. The molecule has 0 saturated heterocycles. The third kappa shape index (κ3) is 11.9. The van der Waals surface area contributed by atoms with Crippen molar-refractivity contribution in [3.8, 4) is 0 Å². The van der Waals surface area contributed by atoms with Crippen LogP contribution in [0.25, 0.3) is 0 Å². The second kappa shape index (κ2) is 20.5. The fourth-order valence-corrected chi connectivity index (χ4v) is 8.34. The number of H-pyrrole nitrogens is 1. The van der Waals surface area contributed by atoms with Gasteiger partial charge in [0.15, 0.2) is 0 Å². The zero-order valence-corrected chi connectivity index (χ0v) is 30.2. The first-order chi connectivity index (χ1) is 19.1. The van der Waals surface area contributed by atoms with Crippen molar-refractivity contribution < 1.29 is 9.13 Å². The molecule has 0 spiro atoms. The Bertz CT molecular complexity index is 1020. The van der Waals surface area contributed by atoms with E-state index in [2.05, 4.69) is 81.9 Å². The number of nitrogens with zero attached hydrogens (tertiary/aromatic N) is 1. The standard InChI is InChI=1S/C23H31FN4O.C3H6.2C2H6.CH3Cl.CH3.Sb/c1-15(23(2,3)4)10-11-29-18-9-8-16(12-18)20-13-21(28-27-20)26-19-7-5-6-17(14-25)22(19)24;1-3-2;3*1-2;;/h5,7,10,13,16,18,25H,8-9,11-12,14H2,1-4H3,(H2,26,27,28);3H,1H2,2H3;2*1-2H3;1H3;1H3;/q-1;;;;;;+1/b15-10+;;;;;;. The minimum absolute atomic E-state index is 0.142. The topological polar surface area (TPSA) is 62.0 Å². The van der Waals surface area contributed by atoms with Gasteiger partial charge in [-0.15, -0.1) is 18.2 Å². The number of aromatic amines is 1. The van der Waals surface area contributed by atoms with E-state index >= 15 is 0 Å². The zero-order valence-electron chi connectivity index (χ0n) is 26.8. The van der Waals surface area contributed by atoms with Gasteiger partial charge < -0.3 is 0 Å². The van der Waals surface area contributed by atoms with Gasteiger partial charge in [0.25, 0.3) is 0 Å². The van der Waals surface area contributed by atoms with Crippen LogP contribution < -0.4 is 12.3 Å². The van der Waals surface area contributed by atoms with E-state index in [1.54, 1.807) is 6.08 Å². The number of rotatable bonds is 6. The summed E-state index contributed by atoms with van der Waals surface area (Å²) in [4.78, 5) is 2.24. The van der Waals surface area contributed by atoms with Gasteiger partial charge in [-0.3, -0.25) is 0 Å². The number of fused-ring (bicyclic) bond motifs is 1. The van der Waals surface area contributed by atoms with E-state index in [0.29, 0.717) is 30.6 Å². The Morgan fingerprint density at radius 2 is 1.85 bits per heavy atom. The summed E-state index contributed by atoms with van der Waals surface area (Å²) in [5.41, 5.74) is 3.98. The summed E-state index contributed by atoms with van der Waals surface area (Å²) in [7, 11) is 0. The van der Waals surface area contributed by atoms with Crippen LogP contribution in [-0.2, 0) is 11.3 Å². The molecule has 1 saturated carbocycles. The molecule has 1 aromatic carbocycles. The molecule has 1 aromatic heterocycles. The second-order valence-electron chi connectivity index (χ2n) is 10.2. The van der Waals surface area contributed by atoms with E-state index in [1.807, 2.05) is 46.8 Å². The van der Waals surface area contributed by atoms with E-state index in [9.17, 15) is 4.39 Å². The van der Waals surface area contributed by atoms with Gasteiger partial charge in [0.2, 0.25) is 0 Å². The number of benzene rings is 1. The molecule has 40 heavy (non-hydrogen) atoms. The molecule has 2 unspecified atom stereocenters. The van der Waals surface area contributed by atoms with Crippen molar-refractivity contribution in [3.63, 3.8) is 0 Å². The van der Waals surface area contributed by atoms with Crippen LogP contribution in [0.4, 0.5) is 15.9 Å². The van der Waals surface area contributed by atoms with Gasteiger partial charge in [-0.25, -0.2) is 0 Å². The number of hydrogen-bond acceptors (Lipinski definition) is 4. The van der Waals surface area contributed by atoms with Crippen LogP contribution >= 0.6 is 11.6 Å². The molecule has 228 valence electrons. The largest absolute Gasteiger partial charge is 0.130 e. The van der Waals surface area contributed by atoms with Gasteiger partial charge in [-0.1, -0.05) is 66.2 Å². The molecule has 0 radical (unpaired) electrons. The fourth-order valence-electron chi connectivity index (χ4n) is 4.21. The van der Waals surface area contributed by atoms with Crippen molar-refractivity contribution in [1.82, 2.24) is 13.7 Å². The van der Waals surface area contributed by atoms with Crippen molar-refractivity contribution >= 4 is 47.1 Å². The van der Waals surface area contributed by atoms with Crippen LogP contribution in [0.1, 0.15) is 98.8 Å². The number of hydrogen-bond donors (Lipinski definition) is 3. The molecular formula is C32H55ClFN4OSb. The van der Waals surface area contributed by atoms with Crippen molar-refractivity contribution in [2.75, 3.05) is 18.3 Å². The Hall–Kier alpha value is -1.33. The SMILES string of the molecule is C/C(=C\COC1CCC(c2cc(Nc3cc[c]4c(c3F)C[NH][Sb]4[CH3])n[nH]2)C1)C(C)(C)C.C=CC.CC.CC.CCl. The Balaban J connectivity index is 0.00000153. The molecule has 5 nitrogen and oxygen atoms in total. The van der Waals surface area contributed by atoms with Crippen molar-refractivity contribution in [2.45, 2.75) is 105 Å². The molecule has 2 aliphatic rings. The minimum Gasteiger partial charge on any atom is -0.130 e. The first-order valence-corrected chi connectivity index (χ1v) is 20.3. The number of alkyl halides is 1. The van der Waals surface area contributed by atoms with E-state index in [0.717, 1.165) is 30.5 Å². The third-order valence-corrected chi connectivity index (χ3v) is 11.7. The predicted octanol–water partition coefficient (Wildman–Crippen LogP) is 8.97. The number of aromatic nitrogens is 2. The quantitative estimate of drug-likeness (QED) is 0.161. The number of anilines is 2. The van der Waals surface area contributed by atoms with Crippen LogP contribution in [0, 0.1) is 11.2 Å². The van der Waals surface area contributed by atoms with Gasteiger partial charge >= 0.3 is 142 Å². The van der Waals surface area contributed by atoms with Gasteiger partial charge in [-0.2, -0.15) is 0 Å². The Kier molecular flexibility index (Phi) is 19.8. The maximum Gasteiger partial charge on any atom is 0.0108 e.